The van der Waals surface area contributed by atoms with Gasteiger partial charge in [-0.05, 0) is 42.5 Å². The highest BCUT2D eigenvalue weighted by atomic mass is 19.1. The van der Waals surface area contributed by atoms with E-state index < -0.39 is 0 Å². The Kier molecular flexibility index (Phi) is 6.91. The van der Waals surface area contributed by atoms with Crippen molar-refractivity contribution in [1.82, 2.24) is 14.9 Å². The number of methoxy groups -OCH3 is 1. The fourth-order valence-electron chi connectivity index (χ4n) is 3.82. The van der Waals surface area contributed by atoms with Crippen LogP contribution in [0.25, 0.3) is 0 Å². The van der Waals surface area contributed by atoms with E-state index in [0.717, 1.165) is 37.6 Å². The zero-order chi connectivity index (χ0) is 22.3. The van der Waals surface area contributed by atoms with E-state index in [1.807, 2.05) is 18.2 Å². The first-order chi connectivity index (χ1) is 15.7. The summed E-state index contributed by atoms with van der Waals surface area (Å²) in [4.78, 5) is 27.8. The maximum absolute atomic E-state index is 13.3. The number of anilines is 2. The molecule has 0 aliphatic carbocycles. The summed E-state index contributed by atoms with van der Waals surface area (Å²) < 4.78 is 18.8. The molecule has 8 heteroatoms. The Morgan fingerprint density at radius 1 is 1.00 bits per heavy atom. The molecule has 4 rings (SSSR count). The Bertz CT molecular complexity index is 1020. The van der Waals surface area contributed by atoms with Crippen molar-refractivity contribution in [2.24, 2.45) is 0 Å². The molecule has 0 saturated carbocycles. The average molecular weight is 436 g/mol. The van der Waals surface area contributed by atoms with Crippen molar-refractivity contribution in [2.45, 2.75) is 0 Å². The first kappa shape index (κ1) is 21.7. The minimum atomic E-state index is -0.378. The van der Waals surface area contributed by atoms with E-state index >= 15 is 0 Å². The molecule has 3 aromatic rings. The van der Waals surface area contributed by atoms with Gasteiger partial charge in [-0.25, -0.2) is 14.4 Å². The van der Waals surface area contributed by atoms with Gasteiger partial charge in [-0.3, -0.25) is 14.6 Å². The second-order valence-corrected chi connectivity index (χ2v) is 7.51. The minimum Gasteiger partial charge on any atom is -0.495 e. The van der Waals surface area contributed by atoms with Crippen LogP contribution in [0.2, 0.25) is 0 Å². The fourth-order valence-corrected chi connectivity index (χ4v) is 3.82. The molecule has 166 valence electrons. The monoisotopic (exact) mass is 435 g/mol. The number of halogens is 1. The molecule has 32 heavy (non-hydrogen) atoms. The normalized spacial score (nSPS) is 14.2. The van der Waals surface area contributed by atoms with E-state index in [-0.39, 0.29) is 11.7 Å². The molecule has 0 atom stereocenters. The van der Waals surface area contributed by atoms with Crippen LogP contribution in [0.1, 0.15) is 10.4 Å². The van der Waals surface area contributed by atoms with Gasteiger partial charge in [0.1, 0.15) is 11.6 Å². The van der Waals surface area contributed by atoms with Crippen LogP contribution in [-0.4, -0.2) is 67.2 Å². The van der Waals surface area contributed by atoms with Gasteiger partial charge in [-0.15, -0.1) is 0 Å². The number of benzene rings is 2. The van der Waals surface area contributed by atoms with Crippen LogP contribution in [0, 0.1) is 5.82 Å². The third-order valence-electron chi connectivity index (χ3n) is 5.57. The van der Waals surface area contributed by atoms with Gasteiger partial charge in [0.25, 0.3) is 5.91 Å². The van der Waals surface area contributed by atoms with Gasteiger partial charge < -0.3 is 9.64 Å². The Labute approximate surface area is 187 Å². The molecular weight excluding hydrogens is 409 g/mol. The maximum Gasteiger partial charge on any atom is 0.260 e. The summed E-state index contributed by atoms with van der Waals surface area (Å²) in [5, 5.41) is 0. The zero-order valence-corrected chi connectivity index (χ0v) is 18.0. The molecule has 2 heterocycles. The summed E-state index contributed by atoms with van der Waals surface area (Å²) in [6.07, 6.45) is 3.22. The summed E-state index contributed by atoms with van der Waals surface area (Å²) in [6.45, 7) is 4.60. The first-order valence-electron chi connectivity index (χ1n) is 10.6. The number of aromatic nitrogens is 2. The van der Waals surface area contributed by atoms with E-state index in [2.05, 4.69) is 25.8 Å². The van der Waals surface area contributed by atoms with Gasteiger partial charge >= 0.3 is 0 Å². The molecule has 0 N–H and O–H groups in total. The Balaban J connectivity index is 1.41. The fraction of sp³-hybridized carbons (Fsp3) is 0.292. The van der Waals surface area contributed by atoms with E-state index in [9.17, 15) is 9.18 Å². The number of carbonyl (C=O) groups is 1. The molecule has 1 saturated heterocycles. The number of nitrogens with zero attached hydrogens (tertiary/aromatic N) is 5. The highest BCUT2D eigenvalue weighted by Gasteiger charge is 2.23. The number of rotatable bonds is 7. The number of para-hydroxylation sites is 2. The molecule has 1 fully saturated rings. The van der Waals surface area contributed by atoms with Gasteiger partial charge in [0.05, 0.1) is 12.8 Å². The summed E-state index contributed by atoms with van der Waals surface area (Å²) in [7, 11) is 1.69. The molecule has 0 radical (unpaired) electrons. The lowest BCUT2D eigenvalue weighted by Crippen LogP contribution is -2.49. The first-order valence-corrected chi connectivity index (χ1v) is 10.6. The Hall–Kier alpha value is -3.52. The van der Waals surface area contributed by atoms with Crippen LogP contribution in [0.4, 0.5) is 16.0 Å². The molecule has 0 unspecified atom stereocenters. The predicted molar refractivity (Wildman–Crippen MR) is 122 cm³/mol. The van der Waals surface area contributed by atoms with E-state index in [4.69, 9.17) is 4.74 Å². The molecule has 1 aromatic heterocycles. The SMILES string of the molecule is COc1ccccc1N1CCN(CCN(C(=O)c2ccc(F)cc2)c2ncccn2)CC1. The standard InChI is InChI=1S/C24H26FN5O2/c1-32-22-6-3-2-5-21(22)29-16-13-28(14-17-29)15-18-30(24-26-11-4-12-27-24)23(31)19-7-9-20(25)10-8-19/h2-12H,13-18H2,1H3. The van der Waals surface area contributed by atoms with E-state index in [0.29, 0.717) is 24.6 Å². The summed E-state index contributed by atoms with van der Waals surface area (Å²) >= 11 is 0. The molecule has 1 amide bonds. The number of carbonyl (C=O) groups excluding carboxylic acids is 1. The highest BCUT2D eigenvalue weighted by molar-refractivity contribution is 6.05. The van der Waals surface area contributed by atoms with Crippen molar-refractivity contribution in [1.29, 1.82) is 0 Å². The number of hydrogen-bond donors (Lipinski definition) is 0. The van der Waals surface area contributed by atoms with Gasteiger partial charge in [0.2, 0.25) is 5.95 Å². The van der Waals surface area contributed by atoms with Crippen LogP contribution in [0.5, 0.6) is 5.75 Å². The average Bonchev–Trinajstić information content (AvgIpc) is 2.85. The maximum atomic E-state index is 13.3. The van der Waals surface area contributed by atoms with Gasteiger partial charge in [0, 0.05) is 57.2 Å². The smallest absolute Gasteiger partial charge is 0.260 e. The lowest BCUT2D eigenvalue weighted by atomic mass is 10.2. The molecule has 1 aliphatic rings. The number of amides is 1. The second kappa shape index (κ2) is 10.2. The van der Waals surface area contributed by atoms with Crippen LogP contribution in [-0.2, 0) is 0 Å². The molecular formula is C24H26FN5O2. The van der Waals surface area contributed by atoms with Crippen LogP contribution in [0.3, 0.4) is 0 Å². The number of ether oxygens (including phenoxy) is 1. The third-order valence-corrected chi connectivity index (χ3v) is 5.57. The molecule has 0 spiro atoms. The quantitative estimate of drug-likeness (QED) is 0.568. The van der Waals surface area contributed by atoms with Crippen molar-refractivity contribution in [3.63, 3.8) is 0 Å². The van der Waals surface area contributed by atoms with Crippen molar-refractivity contribution in [3.05, 3.63) is 78.4 Å². The summed E-state index contributed by atoms with van der Waals surface area (Å²) in [6, 6.07) is 15.3. The Morgan fingerprint density at radius 2 is 1.69 bits per heavy atom. The van der Waals surface area contributed by atoms with Crippen molar-refractivity contribution < 1.29 is 13.9 Å². The molecule has 1 aliphatic heterocycles. The molecule has 0 bridgehead atoms. The Morgan fingerprint density at radius 3 is 2.38 bits per heavy atom. The van der Waals surface area contributed by atoms with Gasteiger partial charge in [0.15, 0.2) is 0 Å². The van der Waals surface area contributed by atoms with Crippen LogP contribution in [0.15, 0.2) is 67.0 Å². The van der Waals surface area contributed by atoms with Gasteiger partial charge in [-0.2, -0.15) is 0 Å². The summed E-state index contributed by atoms with van der Waals surface area (Å²) in [5.41, 5.74) is 1.50. The topological polar surface area (TPSA) is 61.8 Å². The summed E-state index contributed by atoms with van der Waals surface area (Å²) in [5.74, 6) is 0.591. The number of hydrogen-bond acceptors (Lipinski definition) is 6. The van der Waals surface area contributed by atoms with Crippen molar-refractivity contribution >= 4 is 17.5 Å². The lowest BCUT2D eigenvalue weighted by molar-refractivity contribution is 0.0981. The largest absolute Gasteiger partial charge is 0.495 e. The van der Waals surface area contributed by atoms with E-state index in [1.165, 1.54) is 24.3 Å². The van der Waals surface area contributed by atoms with E-state index in [1.54, 1.807) is 30.5 Å². The van der Waals surface area contributed by atoms with Gasteiger partial charge in [-0.1, -0.05) is 12.1 Å². The van der Waals surface area contributed by atoms with Crippen molar-refractivity contribution in [3.8, 4) is 5.75 Å². The minimum absolute atomic E-state index is 0.246. The van der Waals surface area contributed by atoms with Crippen molar-refractivity contribution in [2.75, 3.05) is 56.2 Å². The highest BCUT2D eigenvalue weighted by Crippen LogP contribution is 2.28. The van der Waals surface area contributed by atoms with Crippen LogP contribution >= 0.6 is 0 Å². The van der Waals surface area contributed by atoms with Crippen LogP contribution < -0.4 is 14.5 Å². The lowest BCUT2D eigenvalue weighted by Gasteiger charge is -2.37. The zero-order valence-electron chi connectivity index (χ0n) is 18.0. The second-order valence-electron chi connectivity index (χ2n) is 7.51. The predicted octanol–water partition coefficient (Wildman–Crippen LogP) is 3.09. The number of piperazine rings is 1. The molecule has 2 aromatic carbocycles. The third kappa shape index (κ3) is 5.03. The molecule has 7 nitrogen and oxygen atoms in total.